The van der Waals surface area contributed by atoms with Crippen molar-refractivity contribution in [2.24, 2.45) is 0 Å². The van der Waals surface area contributed by atoms with Gasteiger partial charge in [-0.15, -0.1) is 0 Å². The molecule has 0 bridgehead atoms. The highest BCUT2D eigenvalue weighted by Crippen LogP contribution is 2.28. The summed E-state index contributed by atoms with van der Waals surface area (Å²) in [4.78, 5) is 13.9. The molecule has 0 atom stereocenters. The molecule has 1 saturated heterocycles. The topological polar surface area (TPSA) is 29.5 Å². The fourth-order valence-corrected chi connectivity index (χ4v) is 2.75. The highest BCUT2D eigenvalue weighted by atomic mass is 79.9. The van der Waals surface area contributed by atoms with Crippen LogP contribution in [0.25, 0.3) is 0 Å². The molecule has 1 aromatic rings. The van der Waals surface area contributed by atoms with Crippen molar-refractivity contribution in [2.45, 2.75) is 25.9 Å². The van der Waals surface area contributed by atoms with E-state index in [1.165, 1.54) is 0 Å². The van der Waals surface area contributed by atoms with E-state index in [2.05, 4.69) is 20.8 Å². The second-order valence-corrected chi connectivity index (χ2v) is 5.56. The van der Waals surface area contributed by atoms with Crippen molar-refractivity contribution < 1.29 is 9.53 Å². The van der Waals surface area contributed by atoms with Crippen molar-refractivity contribution in [3.05, 3.63) is 28.2 Å². The Morgan fingerprint density at radius 3 is 2.61 bits per heavy atom. The fraction of sp³-hybridized carbons (Fsp3) is 0.500. The zero-order valence-electron chi connectivity index (χ0n) is 10.8. The maximum absolute atomic E-state index is 11.7. The van der Waals surface area contributed by atoms with Gasteiger partial charge in [-0.05, 0) is 38.0 Å². The molecule has 1 aliphatic rings. The fourth-order valence-electron chi connectivity index (χ4n) is 2.40. The average molecular weight is 312 g/mol. The molecule has 0 spiro atoms. The van der Waals surface area contributed by atoms with Gasteiger partial charge in [0.2, 0.25) is 0 Å². The van der Waals surface area contributed by atoms with Gasteiger partial charge in [-0.3, -0.25) is 4.79 Å². The minimum Gasteiger partial charge on any atom is -0.381 e. The minimum atomic E-state index is 0.117. The van der Waals surface area contributed by atoms with Gasteiger partial charge in [-0.25, -0.2) is 0 Å². The number of carbonyl (C=O) groups excluding carboxylic acids is 1. The van der Waals surface area contributed by atoms with Crippen LogP contribution in [-0.2, 0) is 4.74 Å². The molecule has 0 aromatic heterocycles. The van der Waals surface area contributed by atoms with Crippen molar-refractivity contribution in [1.29, 1.82) is 0 Å². The molecular weight excluding hydrogens is 294 g/mol. The first-order valence-electron chi connectivity index (χ1n) is 6.20. The molecule has 2 rings (SSSR count). The van der Waals surface area contributed by atoms with Crippen LogP contribution in [0.3, 0.4) is 0 Å². The molecule has 3 nitrogen and oxygen atoms in total. The van der Waals surface area contributed by atoms with E-state index in [9.17, 15) is 4.79 Å². The number of anilines is 1. The number of ether oxygens (including phenoxy) is 1. The summed E-state index contributed by atoms with van der Waals surface area (Å²) in [6.45, 7) is 3.50. The van der Waals surface area contributed by atoms with E-state index in [4.69, 9.17) is 4.74 Å². The maximum Gasteiger partial charge on any atom is 0.161 e. The van der Waals surface area contributed by atoms with E-state index in [0.29, 0.717) is 6.10 Å². The van der Waals surface area contributed by atoms with Gasteiger partial charge in [0.05, 0.1) is 6.10 Å². The summed E-state index contributed by atoms with van der Waals surface area (Å²) in [5, 5.41) is 0. The molecule has 1 aliphatic heterocycles. The lowest BCUT2D eigenvalue weighted by atomic mass is 10.0. The summed E-state index contributed by atoms with van der Waals surface area (Å²) in [5.74, 6) is 0.117. The van der Waals surface area contributed by atoms with Crippen LogP contribution in [0.15, 0.2) is 22.7 Å². The van der Waals surface area contributed by atoms with Gasteiger partial charge in [-0.2, -0.15) is 0 Å². The Balaban J connectivity index is 2.22. The summed E-state index contributed by atoms with van der Waals surface area (Å²) in [7, 11) is 1.76. The third-order valence-corrected chi connectivity index (χ3v) is 3.95. The number of halogens is 1. The summed E-state index contributed by atoms with van der Waals surface area (Å²) in [6.07, 6.45) is 2.38. The number of rotatable bonds is 3. The van der Waals surface area contributed by atoms with Gasteiger partial charge in [0.25, 0.3) is 0 Å². The highest BCUT2D eigenvalue weighted by Gasteiger charge is 2.21. The second-order valence-electron chi connectivity index (χ2n) is 4.64. The highest BCUT2D eigenvalue weighted by molar-refractivity contribution is 9.10. The number of carbonyl (C=O) groups is 1. The summed E-state index contributed by atoms with van der Waals surface area (Å²) in [6, 6.07) is 5.84. The van der Waals surface area contributed by atoms with Gasteiger partial charge < -0.3 is 9.64 Å². The van der Waals surface area contributed by atoms with Gasteiger partial charge in [0, 0.05) is 35.9 Å². The molecule has 0 amide bonds. The predicted octanol–water partition coefficient (Wildman–Crippen LogP) is 3.27. The number of nitrogens with zero attached hydrogens (tertiary/aromatic N) is 1. The van der Waals surface area contributed by atoms with Crippen LogP contribution in [0.2, 0.25) is 0 Å². The van der Waals surface area contributed by atoms with Crippen LogP contribution < -0.4 is 4.90 Å². The van der Waals surface area contributed by atoms with E-state index in [0.717, 1.165) is 41.7 Å². The first kappa shape index (κ1) is 13.6. The summed E-state index contributed by atoms with van der Waals surface area (Å²) < 4.78 is 6.38. The molecule has 1 aromatic carbocycles. The monoisotopic (exact) mass is 311 g/mol. The second kappa shape index (κ2) is 5.85. The largest absolute Gasteiger partial charge is 0.381 e. The molecule has 4 heteroatoms. The lowest BCUT2D eigenvalue weighted by Gasteiger charge is -2.34. The Bertz CT molecular complexity index is 439. The lowest BCUT2D eigenvalue weighted by molar-refractivity contribution is 0.0818. The van der Waals surface area contributed by atoms with E-state index < -0.39 is 0 Å². The molecule has 0 saturated carbocycles. The zero-order valence-corrected chi connectivity index (χ0v) is 12.4. The molecule has 0 radical (unpaired) electrons. The SMILES string of the molecule is COC1CCN(c2cc(Br)ccc2C(C)=O)CC1. The van der Waals surface area contributed by atoms with Crippen molar-refractivity contribution in [3.63, 3.8) is 0 Å². The summed E-state index contributed by atoms with van der Waals surface area (Å²) >= 11 is 3.47. The van der Waals surface area contributed by atoms with E-state index in [1.807, 2.05) is 18.2 Å². The van der Waals surface area contributed by atoms with E-state index >= 15 is 0 Å². The quantitative estimate of drug-likeness (QED) is 0.802. The number of piperidine rings is 1. The standard InChI is InChI=1S/C14H18BrNO2/c1-10(17)13-4-3-11(15)9-14(13)16-7-5-12(18-2)6-8-16/h3-4,9,12H,5-8H2,1-2H3. The van der Waals surface area contributed by atoms with Crippen LogP contribution in [0.4, 0.5) is 5.69 Å². The molecule has 0 aliphatic carbocycles. The average Bonchev–Trinajstić information content (AvgIpc) is 2.38. The Hall–Kier alpha value is -0.870. The Kier molecular flexibility index (Phi) is 4.40. The van der Waals surface area contributed by atoms with Gasteiger partial charge in [-0.1, -0.05) is 15.9 Å². The smallest absolute Gasteiger partial charge is 0.161 e. The van der Waals surface area contributed by atoms with Crippen molar-refractivity contribution in [2.75, 3.05) is 25.1 Å². The van der Waals surface area contributed by atoms with Gasteiger partial charge in [0.1, 0.15) is 0 Å². The number of methoxy groups -OCH3 is 1. The molecule has 1 fully saturated rings. The number of benzene rings is 1. The normalized spacial score (nSPS) is 16.9. The van der Waals surface area contributed by atoms with Crippen LogP contribution in [0.1, 0.15) is 30.1 Å². The van der Waals surface area contributed by atoms with Crippen LogP contribution >= 0.6 is 15.9 Å². The molecule has 18 heavy (non-hydrogen) atoms. The maximum atomic E-state index is 11.7. The van der Waals surface area contributed by atoms with Crippen molar-refractivity contribution >= 4 is 27.4 Å². The first-order chi connectivity index (χ1) is 8.61. The number of ketones is 1. The minimum absolute atomic E-state index is 0.117. The van der Waals surface area contributed by atoms with Crippen LogP contribution in [0.5, 0.6) is 0 Å². The number of hydrogen-bond acceptors (Lipinski definition) is 3. The van der Waals surface area contributed by atoms with E-state index in [1.54, 1.807) is 14.0 Å². The Labute approximate surface area is 116 Å². The number of hydrogen-bond donors (Lipinski definition) is 0. The van der Waals surface area contributed by atoms with E-state index in [-0.39, 0.29) is 5.78 Å². The third kappa shape index (κ3) is 2.93. The molecule has 98 valence electrons. The zero-order chi connectivity index (χ0) is 13.1. The summed E-state index contributed by atoms with van der Waals surface area (Å²) in [5.41, 5.74) is 1.83. The lowest BCUT2D eigenvalue weighted by Crippen LogP contribution is -2.37. The third-order valence-electron chi connectivity index (χ3n) is 3.46. The molecular formula is C14H18BrNO2. The Morgan fingerprint density at radius 2 is 2.06 bits per heavy atom. The molecule has 0 N–H and O–H groups in total. The van der Waals surface area contributed by atoms with Gasteiger partial charge in [0.15, 0.2) is 5.78 Å². The predicted molar refractivity (Wildman–Crippen MR) is 76.4 cm³/mol. The van der Waals surface area contributed by atoms with Crippen LogP contribution in [-0.4, -0.2) is 32.1 Å². The molecule has 0 unspecified atom stereocenters. The van der Waals surface area contributed by atoms with Gasteiger partial charge >= 0.3 is 0 Å². The molecule has 1 heterocycles. The van der Waals surface area contributed by atoms with Crippen molar-refractivity contribution in [3.8, 4) is 0 Å². The van der Waals surface area contributed by atoms with Crippen molar-refractivity contribution in [1.82, 2.24) is 0 Å². The number of Topliss-reactive ketones (excluding diaryl/α,β-unsaturated/α-hetero) is 1. The Morgan fingerprint density at radius 1 is 1.39 bits per heavy atom. The van der Waals surface area contributed by atoms with Crippen LogP contribution in [0, 0.1) is 0 Å². The first-order valence-corrected chi connectivity index (χ1v) is 6.99.